The van der Waals surface area contributed by atoms with Crippen LogP contribution in [0.15, 0.2) is 29.2 Å². The number of hydrogen-bond donors (Lipinski definition) is 3. The number of carbonyl (C=O) groups is 3. The Bertz CT molecular complexity index is 841. The molecular weight excluding hydrogens is 364 g/mol. The van der Waals surface area contributed by atoms with Crippen molar-refractivity contribution in [3.8, 4) is 0 Å². The van der Waals surface area contributed by atoms with Crippen LogP contribution in [-0.2, 0) is 19.2 Å². The fourth-order valence-corrected chi connectivity index (χ4v) is 3.65. The number of nitrogens with two attached hydrogens (primary N) is 1. The van der Waals surface area contributed by atoms with E-state index in [0.29, 0.717) is 0 Å². The summed E-state index contributed by atoms with van der Waals surface area (Å²) >= 11 is 1.25. The van der Waals surface area contributed by atoms with E-state index in [0.717, 1.165) is 0 Å². The van der Waals surface area contributed by atoms with Crippen LogP contribution < -0.4 is 11.1 Å². The summed E-state index contributed by atoms with van der Waals surface area (Å²) in [6, 6.07) is 0.631. The summed E-state index contributed by atoms with van der Waals surface area (Å²) in [5, 5.41) is 14.8. The summed E-state index contributed by atoms with van der Waals surface area (Å²) in [6.07, 6.45) is 2.65. The summed E-state index contributed by atoms with van der Waals surface area (Å²) < 4.78 is 0. The van der Waals surface area contributed by atoms with Crippen molar-refractivity contribution in [2.75, 3.05) is 18.6 Å². The second-order valence-electron chi connectivity index (χ2n) is 5.29. The zero-order valence-electron chi connectivity index (χ0n) is 13.4. The van der Waals surface area contributed by atoms with Gasteiger partial charge in [-0.2, -0.15) is 0 Å². The van der Waals surface area contributed by atoms with Crippen molar-refractivity contribution in [3.05, 3.63) is 29.9 Å². The lowest BCUT2D eigenvalue weighted by molar-refractivity contribution is -0.144. The van der Waals surface area contributed by atoms with Gasteiger partial charge in [-0.1, -0.05) is 5.16 Å². The number of aliphatic carboxylic acids is 1. The largest absolute Gasteiger partial charge is 0.478 e. The molecule has 2 amide bonds. The molecule has 3 heterocycles. The van der Waals surface area contributed by atoms with Crippen LogP contribution in [0.3, 0.4) is 0 Å². The quantitative estimate of drug-likeness (QED) is 0.324. The molecule has 1 unspecified atom stereocenters. The van der Waals surface area contributed by atoms with Crippen LogP contribution in [0.25, 0.3) is 0 Å². The second-order valence-corrected chi connectivity index (χ2v) is 6.39. The summed E-state index contributed by atoms with van der Waals surface area (Å²) in [5.41, 5.74) is 5.48. The highest BCUT2D eigenvalue weighted by Crippen LogP contribution is 2.36. The number of anilines is 1. The number of carbonyl (C=O) groups excluding carboxylic acids is 2. The Labute approximate surface area is 151 Å². The van der Waals surface area contributed by atoms with E-state index < -0.39 is 23.8 Å². The molecule has 3 rings (SSSR count). The molecule has 136 valence electrons. The lowest BCUT2D eigenvalue weighted by atomic mass is 10.1. The van der Waals surface area contributed by atoms with E-state index in [-0.39, 0.29) is 34.1 Å². The Morgan fingerprint density at radius 1 is 1.54 bits per heavy atom. The lowest BCUT2D eigenvalue weighted by Gasteiger charge is -2.46. The highest BCUT2D eigenvalue weighted by Gasteiger charge is 2.50. The molecule has 1 fully saturated rings. The van der Waals surface area contributed by atoms with Crippen molar-refractivity contribution in [1.82, 2.24) is 20.2 Å². The number of carboxylic acids is 1. The third-order valence-corrected chi connectivity index (χ3v) is 4.95. The van der Waals surface area contributed by atoms with Gasteiger partial charge in [0.1, 0.15) is 24.3 Å². The third-order valence-electron chi connectivity index (χ3n) is 3.63. The summed E-state index contributed by atoms with van der Waals surface area (Å²) in [6.45, 7) is 0. The van der Waals surface area contributed by atoms with Crippen molar-refractivity contribution in [2.24, 2.45) is 5.16 Å². The van der Waals surface area contributed by atoms with E-state index in [1.807, 2.05) is 0 Å². The summed E-state index contributed by atoms with van der Waals surface area (Å²) in [7, 11) is 1.25. The van der Waals surface area contributed by atoms with Gasteiger partial charge in [-0.25, -0.2) is 14.8 Å². The first-order valence-electron chi connectivity index (χ1n) is 7.31. The zero-order chi connectivity index (χ0) is 18.8. The first-order valence-corrected chi connectivity index (χ1v) is 8.36. The van der Waals surface area contributed by atoms with Gasteiger partial charge < -0.3 is 25.9 Å². The van der Waals surface area contributed by atoms with Crippen LogP contribution in [-0.4, -0.2) is 67.7 Å². The number of thioether (sulfide) groups is 1. The Morgan fingerprint density at radius 2 is 2.31 bits per heavy atom. The molecule has 0 saturated carbocycles. The number of nitrogens with zero attached hydrogens (tertiary/aromatic N) is 4. The maximum absolute atomic E-state index is 12.5. The molecule has 2 atom stereocenters. The van der Waals surface area contributed by atoms with Gasteiger partial charge in [-0.05, 0) is 6.07 Å². The van der Waals surface area contributed by atoms with Gasteiger partial charge >= 0.3 is 5.97 Å². The van der Waals surface area contributed by atoms with Crippen molar-refractivity contribution < 1.29 is 24.3 Å². The van der Waals surface area contributed by atoms with Gasteiger partial charge in [0, 0.05) is 18.1 Å². The predicted molar refractivity (Wildman–Crippen MR) is 90.7 cm³/mol. The Hall–Kier alpha value is -3.15. The standard InChI is InChI=1S/C14H14N6O5S/c1-25-19-8(10-16-3-2-7(15)17-10)11(21)18-9-12(22)20-4-6(14(23)24)5-26-13(9)20/h2-4,9,13H,5H2,1H3,(H,18,21)(H,23,24)(H2,15,16,17)/t9?,13-/m1/s1. The van der Waals surface area contributed by atoms with E-state index in [1.54, 1.807) is 0 Å². The fraction of sp³-hybridized carbons (Fsp3) is 0.286. The molecule has 26 heavy (non-hydrogen) atoms. The van der Waals surface area contributed by atoms with Crippen molar-refractivity contribution in [1.29, 1.82) is 0 Å². The summed E-state index contributed by atoms with van der Waals surface area (Å²) in [5.74, 6) is -1.87. The highest BCUT2D eigenvalue weighted by molar-refractivity contribution is 8.00. The van der Waals surface area contributed by atoms with Crippen molar-refractivity contribution >= 4 is 41.1 Å². The molecule has 0 aliphatic carbocycles. The van der Waals surface area contributed by atoms with Crippen molar-refractivity contribution in [2.45, 2.75) is 11.4 Å². The van der Waals surface area contributed by atoms with Gasteiger partial charge in [0.15, 0.2) is 5.82 Å². The van der Waals surface area contributed by atoms with Gasteiger partial charge in [0.25, 0.3) is 11.8 Å². The average Bonchev–Trinajstić information content (AvgIpc) is 2.63. The topological polar surface area (TPSA) is 160 Å². The zero-order valence-corrected chi connectivity index (χ0v) is 14.3. The van der Waals surface area contributed by atoms with Crippen LogP contribution in [0.1, 0.15) is 5.82 Å². The molecule has 2 aliphatic rings. The van der Waals surface area contributed by atoms with Crippen LogP contribution in [0.2, 0.25) is 0 Å². The van der Waals surface area contributed by atoms with E-state index >= 15 is 0 Å². The van der Waals surface area contributed by atoms with Crippen LogP contribution in [0.5, 0.6) is 0 Å². The third kappa shape index (κ3) is 3.18. The normalized spacial score (nSPS) is 22.0. The smallest absolute Gasteiger partial charge is 0.333 e. The first kappa shape index (κ1) is 17.7. The molecule has 1 saturated heterocycles. The number of hydrogen-bond acceptors (Lipinski definition) is 9. The number of carboxylic acid groups (broad SMARTS) is 1. The molecule has 1 aromatic heterocycles. The molecule has 0 bridgehead atoms. The molecule has 12 heteroatoms. The van der Waals surface area contributed by atoms with Gasteiger partial charge in [-0.15, -0.1) is 11.8 Å². The summed E-state index contributed by atoms with van der Waals surface area (Å²) in [4.78, 5) is 49.5. The van der Waals surface area contributed by atoms with E-state index in [9.17, 15) is 14.4 Å². The number of nitrogen functional groups attached to an aromatic ring is 1. The Morgan fingerprint density at radius 3 is 2.96 bits per heavy atom. The van der Waals surface area contributed by atoms with E-state index in [2.05, 4.69) is 25.3 Å². The van der Waals surface area contributed by atoms with E-state index in [1.165, 1.54) is 42.2 Å². The molecule has 0 spiro atoms. The van der Waals surface area contributed by atoms with Gasteiger partial charge in [0.2, 0.25) is 5.71 Å². The number of nitrogens with one attached hydrogen (secondary N) is 1. The van der Waals surface area contributed by atoms with Crippen molar-refractivity contribution in [3.63, 3.8) is 0 Å². The minimum Gasteiger partial charge on any atom is -0.478 e. The Kier molecular flexibility index (Phi) is 4.75. The number of oxime groups is 1. The molecule has 0 aromatic carbocycles. The lowest BCUT2D eigenvalue weighted by Crippen LogP contribution is -2.69. The Balaban J connectivity index is 1.75. The van der Waals surface area contributed by atoms with Gasteiger partial charge in [-0.3, -0.25) is 9.59 Å². The number of amides is 2. The monoisotopic (exact) mass is 378 g/mol. The van der Waals surface area contributed by atoms with E-state index in [4.69, 9.17) is 10.8 Å². The molecule has 2 aliphatic heterocycles. The maximum Gasteiger partial charge on any atom is 0.333 e. The second kappa shape index (κ2) is 7.00. The van der Waals surface area contributed by atoms with Crippen LogP contribution in [0.4, 0.5) is 5.82 Å². The SMILES string of the molecule is CON=C(C(=O)NC1C(=O)N2C=C(C(=O)O)CS[C@H]12)c1nccc(N)n1. The molecule has 4 N–H and O–H groups in total. The first-order chi connectivity index (χ1) is 12.4. The number of rotatable bonds is 5. The average molecular weight is 378 g/mol. The highest BCUT2D eigenvalue weighted by atomic mass is 32.2. The van der Waals surface area contributed by atoms with Crippen LogP contribution >= 0.6 is 11.8 Å². The minimum absolute atomic E-state index is 0.0441. The minimum atomic E-state index is -1.08. The molecule has 11 nitrogen and oxygen atoms in total. The van der Waals surface area contributed by atoms with Crippen LogP contribution in [0, 0.1) is 0 Å². The van der Waals surface area contributed by atoms with Gasteiger partial charge in [0.05, 0.1) is 5.57 Å². The predicted octanol–water partition coefficient (Wildman–Crippen LogP) is -1.22. The number of aromatic nitrogens is 2. The number of β-lactam (4-membered cyclic amide) rings is 1. The molecular formula is C14H14N6O5S. The fourth-order valence-electron chi connectivity index (χ4n) is 2.40. The number of fused-ring (bicyclic) bond motifs is 1. The molecule has 1 aromatic rings. The molecule has 0 radical (unpaired) electrons. The maximum atomic E-state index is 12.5.